The molecular formula is C22H23N3O5. The average molecular weight is 409 g/mol. The second-order valence-electron chi connectivity index (χ2n) is 6.91. The summed E-state index contributed by atoms with van der Waals surface area (Å²) in [5.41, 5.74) is 5.47. The van der Waals surface area contributed by atoms with E-state index in [2.05, 4.69) is 10.9 Å². The third-order valence-corrected chi connectivity index (χ3v) is 4.48. The number of hydrogen-bond donors (Lipinski definition) is 2. The molecule has 0 aliphatic carbocycles. The van der Waals surface area contributed by atoms with Crippen LogP contribution < -0.4 is 25.9 Å². The van der Waals surface area contributed by atoms with Crippen LogP contribution in [0.1, 0.15) is 34.6 Å². The first-order valence-corrected chi connectivity index (χ1v) is 9.36. The number of pyridine rings is 1. The lowest BCUT2D eigenvalue weighted by Gasteiger charge is -2.15. The van der Waals surface area contributed by atoms with Gasteiger partial charge in [0.05, 0.1) is 24.3 Å². The molecule has 0 aliphatic rings. The highest BCUT2D eigenvalue weighted by Gasteiger charge is 2.16. The summed E-state index contributed by atoms with van der Waals surface area (Å²) < 4.78 is 12.4. The van der Waals surface area contributed by atoms with Crippen LogP contribution in [0.4, 0.5) is 0 Å². The molecule has 2 aromatic carbocycles. The topological polar surface area (TPSA) is 98.7 Å². The zero-order valence-electron chi connectivity index (χ0n) is 17.2. The largest absolute Gasteiger partial charge is 0.493 e. The number of hydrazine groups is 1. The molecule has 8 heteroatoms. The Bertz CT molecular complexity index is 1170. The maximum absolute atomic E-state index is 12.6. The lowest BCUT2D eigenvalue weighted by Crippen LogP contribution is -2.42. The van der Waals surface area contributed by atoms with Crippen molar-refractivity contribution in [3.63, 3.8) is 0 Å². The third-order valence-electron chi connectivity index (χ3n) is 4.48. The number of aromatic nitrogens is 1. The summed E-state index contributed by atoms with van der Waals surface area (Å²) in [6.07, 6.45) is -0.0498. The maximum Gasteiger partial charge on any atom is 0.270 e. The maximum atomic E-state index is 12.6. The monoisotopic (exact) mass is 409 g/mol. The molecule has 8 nitrogen and oxygen atoms in total. The van der Waals surface area contributed by atoms with Gasteiger partial charge in [0, 0.05) is 24.1 Å². The van der Waals surface area contributed by atoms with Gasteiger partial charge in [-0.2, -0.15) is 0 Å². The summed E-state index contributed by atoms with van der Waals surface area (Å²) in [5.74, 6) is -0.213. The van der Waals surface area contributed by atoms with E-state index < -0.39 is 11.8 Å². The lowest BCUT2D eigenvalue weighted by molar-refractivity contribution is 0.0847. The van der Waals surface area contributed by atoms with E-state index in [0.29, 0.717) is 22.4 Å². The Balaban J connectivity index is 1.79. The highest BCUT2D eigenvalue weighted by atomic mass is 16.5. The number of fused-ring (bicyclic) bond motifs is 1. The number of benzene rings is 2. The molecule has 0 saturated heterocycles. The summed E-state index contributed by atoms with van der Waals surface area (Å²) in [5, 5.41) is 0.600. The van der Waals surface area contributed by atoms with E-state index >= 15 is 0 Å². The molecule has 1 heterocycles. The first kappa shape index (κ1) is 20.9. The van der Waals surface area contributed by atoms with Gasteiger partial charge in [0.2, 0.25) is 0 Å². The van der Waals surface area contributed by atoms with Crippen LogP contribution in [0.3, 0.4) is 0 Å². The number of nitrogens with zero attached hydrogens (tertiary/aromatic N) is 1. The fourth-order valence-corrected chi connectivity index (χ4v) is 3.01. The first-order valence-electron chi connectivity index (χ1n) is 9.36. The Morgan fingerprint density at radius 3 is 2.37 bits per heavy atom. The Labute approximate surface area is 173 Å². The molecule has 1 aromatic heterocycles. The molecule has 0 aliphatic heterocycles. The van der Waals surface area contributed by atoms with Gasteiger partial charge in [0.25, 0.3) is 17.4 Å². The molecule has 0 atom stereocenters. The zero-order chi connectivity index (χ0) is 21.8. The van der Waals surface area contributed by atoms with Crippen molar-refractivity contribution in [2.24, 2.45) is 7.05 Å². The summed E-state index contributed by atoms with van der Waals surface area (Å²) in [6.45, 7) is 3.77. The highest BCUT2D eigenvalue weighted by Crippen LogP contribution is 2.28. The Kier molecular flexibility index (Phi) is 6.06. The summed E-state index contributed by atoms with van der Waals surface area (Å²) >= 11 is 0. The van der Waals surface area contributed by atoms with Crippen LogP contribution in [0.5, 0.6) is 11.5 Å². The highest BCUT2D eigenvalue weighted by molar-refractivity contribution is 6.07. The average Bonchev–Trinajstić information content (AvgIpc) is 2.74. The second-order valence-corrected chi connectivity index (χ2v) is 6.91. The number of para-hydroxylation sites is 1. The van der Waals surface area contributed by atoms with Crippen LogP contribution in [-0.2, 0) is 7.05 Å². The molecule has 0 fully saturated rings. The van der Waals surface area contributed by atoms with Crippen LogP contribution >= 0.6 is 0 Å². The van der Waals surface area contributed by atoms with E-state index in [-0.39, 0.29) is 22.8 Å². The fourth-order valence-electron chi connectivity index (χ4n) is 3.01. The number of amides is 2. The molecule has 2 amide bonds. The molecule has 3 rings (SSSR count). The summed E-state index contributed by atoms with van der Waals surface area (Å²) in [7, 11) is 3.11. The summed E-state index contributed by atoms with van der Waals surface area (Å²) in [6, 6.07) is 13.0. The molecule has 0 bridgehead atoms. The van der Waals surface area contributed by atoms with Crippen molar-refractivity contribution in [1.82, 2.24) is 15.4 Å². The summed E-state index contributed by atoms with van der Waals surface area (Å²) in [4.78, 5) is 37.3. The molecule has 2 N–H and O–H groups in total. The fraction of sp³-hybridized carbons (Fsp3) is 0.227. The van der Waals surface area contributed by atoms with Crippen LogP contribution in [0.15, 0.2) is 53.3 Å². The normalized spacial score (nSPS) is 10.7. The zero-order valence-corrected chi connectivity index (χ0v) is 17.2. The van der Waals surface area contributed by atoms with Crippen molar-refractivity contribution in [2.75, 3.05) is 7.11 Å². The van der Waals surface area contributed by atoms with Gasteiger partial charge in [-0.25, -0.2) is 0 Å². The Morgan fingerprint density at radius 1 is 0.967 bits per heavy atom. The number of rotatable bonds is 5. The van der Waals surface area contributed by atoms with Crippen molar-refractivity contribution in [1.29, 1.82) is 0 Å². The van der Waals surface area contributed by atoms with Crippen molar-refractivity contribution in [2.45, 2.75) is 20.0 Å². The van der Waals surface area contributed by atoms with Crippen LogP contribution in [0, 0.1) is 0 Å². The molecule has 0 radical (unpaired) electrons. The SMILES string of the molecule is COc1cc(C(=O)NNC(=O)c2cc(=O)n(C)c3ccccc23)ccc1OC(C)C. The van der Waals surface area contributed by atoms with Gasteiger partial charge in [0.15, 0.2) is 11.5 Å². The molecule has 3 aromatic rings. The van der Waals surface area contributed by atoms with Crippen LogP contribution in [0.2, 0.25) is 0 Å². The van der Waals surface area contributed by atoms with Crippen molar-refractivity contribution in [3.05, 3.63) is 70.0 Å². The first-order chi connectivity index (χ1) is 14.3. The number of aryl methyl sites for hydroxylation is 1. The van der Waals surface area contributed by atoms with Gasteiger partial charge in [0.1, 0.15) is 0 Å². The van der Waals surface area contributed by atoms with Gasteiger partial charge in [-0.1, -0.05) is 18.2 Å². The minimum absolute atomic E-state index is 0.0498. The molecule has 0 spiro atoms. The van der Waals surface area contributed by atoms with Gasteiger partial charge in [-0.05, 0) is 38.1 Å². The van der Waals surface area contributed by atoms with E-state index in [1.54, 1.807) is 43.4 Å². The minimum atomic E-state index is -0.594. The van der Waals surface area contributed by atoms with Crippen LogP contribution in [0.25, 0.3) is 10.9 Å². The number of carbonyl (C=O) groups excluding carboxylic acids is 2. The number of ether oxygens (including phenoxy) is 2. The van der Waals surface area contributed by atoms with Crippen molar-refractivity contribution < 1.29 is 19.1 Å². The third kappa shape index (κ3) is 4.27. The van der Waals surface area contributed by atoms with Gasteiger partial charge < -0.3 is 14.0 Å². The standard InChI is InChI=1S/C22H23N3O5/c1-13(2)30-18-10-9-14(11-19(18)29-4)21(27)23-24-22(28)16-12-20(26)25(3)17-8-6-5-7-15(16)17/h5-13H,1-4H3,(H,23,27)(H,24,28). The smallest absolute Gasteiger partial charge is 0.270 e. The minimum Gasteiger partial charge on any atom is -0.493 e. The molecule has 0 saturated carbocycles. The predicted octanol–water partition coefficient (Wildman–Crippen LogP) is 2.41. The molecule has 0 unspecified atom stereocenters. The van der Waals surface area contributed by atoms with Gasteiger partial charge in [-0.15, -0.1) is 0 Å². The quantitative estimate of drug-likeness (QED) is 0.631. The van der Waals surface area contributed by atoms with Gasteiger partial charge >= 0.3 is 0 Å². The Morgan fingerprint density at radius 2 is 1.67 bits per heavy atom. The van der Waals surface area contributed by atoms with E-state index in [9.17, 15) is 14.4 Å². The van der Waals surface area contributed by atoms with E-state index in [1.165, 1.54) is 23.8 Å². The number of carbonyl (C=O) groups is 2. The molecular weight excluding hydrogens is 386 g/mol. The van der Waals surface area contributed by atoms with Crippen molar-refractivity contribution in [3.8, 4) is 11.5 Å². The molecule has 30 heavy (non-hydrogen) atoms. The van der Waals surface area contributed by atoms with E-state index in [1.807, 2.05) is 13.8 Å². The number of nitrogens with one attached hydrogen (secondary N) is 2. The second kappa shape index (κ2) is 8.69. The molecule has 156 valence electrons. The number of methoxy groups -OCH3 is 1. The van der Waals surface area contributed by atoms with E-state index in [4.69, 9.17) is 9.47 Å². The van der Waals surface area contributed by atoms with E-state index in [0.717, 1.165) is 0 Å². The Hall–Kier alpha value is -3.81. The van der Waals surface area contributed by atoms with Gasteiger partial charge in [-0.3, -0.25) is 25.2 Å². The predicted molar refractivity (Wildman–Crippen MR) is 113 cm³/mol. The number of hydrogen-bond acceptors (Lipinski definition) is 5. The van der Waals surface area contributed by atoms with Crippen LogP contribution in [-0.4, -0.2) is 29.6 Å². The van der Waals surface area contributed by atoms with Crippen molar-refractivity contribution >= 4 is 22.7 Å². The lowest BCUT2D eigenvalue weighted by atomic mass is 10.1.